The van der Waals surface area contributed by atoms with Gasteiger partial charge in [0, 0.05) is 6.61 Å². The van der Waals surface area contributed by atoms with Crippen molar-refractivity contribution in [2.45, 2.75) is 18.9 Å². The summed E-state index contributed by atoms with van der Waals surface area (Å²) in [4.78, 5) is 14.2. The lowest BCUT2D eigenvalue weighted by molar-refractivity contribution is -0.364. The second-order valence-electron chi connectivity index (χ2n) is 4.34. The van der Waals surface area contributed by atoms with Crippen molar-refractivity contribution in [3.05, 3.63) is 0 Å². The molecule has 19 heavy (non-hydrogen) atoms. The standard InChI is InChI=1S/C11H15N5O3/c1-17-10-13-7-8(12)14-11(16-9(7)15-10)19-5-6-3-2-4-18-6/h6H,2-5H2,1H3,(H3,12,13,14,15,16)/p+1. The van der Waals surface area contributed by atoms with E-state index in [0.717, 1.165) is 19.4 Å². The third-order valence-electron chi connectivity index (χ3n) is 3.01. The number of aromatic nitrogens is 4. The Balaban J connectivity index is 1.79. The fourth-order valence-electron chi connectivity index (χ4n) is 2.03. The highest BCUT2D eigenvalue weighted by atomic mass is 16.5. The number of fused-ring (bicyclic) bond motifs is 1. The summed E-state index contributed by atoms with van der Waals surface area (Å²) >= 11 is 0. The molecule has 1 aliphatic heterocycles. The first kappa shape index (κ1) is 12.0. The number of ether oxygens (including phenoxy) is 3. The minimum Gasteiger partial charge on any atom is -0.448 e. The molecule has 0 saturated carbocycles. The first-order chi connectivity index (χ1) is 9.26. The van der Waals surface area contributed by atoms with Crippen molar-refractivity contribution >= 4 is 17.0 Å². The van der Waals surface area contributed by atoms with Crippen LogP contribution in [0.15, 0.2) is 0 Å². The molecule has 0 aliphatic carbocycles. The van der Waals surface area contributed by atoms with Crippen LogP contribution in [0.1, 0.15) is 12.8 Å². The van der Waals surface area contributed by atoms with Gasteiger partial charge in [-0.15, -0.1) is 0 Å². The van der Waals surface area contributed by atoms with Crippen LogP contribution < -0.4 is 20.2 Å². The summed E-state index contributed by atoms with van der Waals surface area (Å²) < 4.78 is 16.0. The highest BCUT2D eigenvalue weighted by Gasteiger charge is 2.21. The predicted octanol–water partition coefficient (Wildman–Crippen LogP) is -0.0794. The van der Waals surface area contributed by atoms with E-state index in [1.165, 1.54) is 0 Å². The molecule has 0 aromatic carbocycles. The zero-order chi connectivity index (χ0) is 13.2. The van der Waals surface area contributed by atoms with Crippen molar-refractivity contribution in [2.24, 2.45) is 0 Å². The van der Waals surface area contributed by atoms with Gasteiger partial charge in [0.2, 0.25) is 5.52 Å². The number of hydrogen-bond donors (Lipinski definition) is 2. The van der Waals surface area contributed by atoms with Gasteiger partial charge >= 0.3 is 17.7 Å². The molecule has 0 spiro atoms. The van der Waals surface area contributed by atoms with Crippen LogP contribution in [-0.2, 0) is 4.74 Å². The summed E-state index contributed by atoms with van der Waals surface area (Å²) in [6.07, 6.45) is 2.19. The largest absolute Gasteiger partial charge is 0.448 e. The SMILES string of the molecule is COc1[nH]c2c(N)nc(OCC3CCCO3)nc2[nH+]1. The summed E-state index contributed by atoms with van der Waals surface area (Å²) in [6, 6.07) is 0.700. The van der Waals surface area contributed by atoms with E-state index in [1.807, 2.05) is 0 Å². The number of hydrogen-bond acceptors (Lipinski definition) is 6. The number of imidazole rings is 1. The molecule has 8 heteroatoms. The van der Waals surface area contributed by atoms with Crippen molar-refractivity contribution in [1.29, 1.82) is 0 Å². The lowest BCUT2D eigenvalue weighted by atomic mass is 10.2. The van der Waals surface area contributed by atoms with Gasteiger partial charge in [-0.05, 0) is 17.8 Å². The molecule has 2 aromatic rings. The Morgan fingerprint density at radius 3 is 3.16 bits per heavy atom. The van der Waals surface area contributed by atoms with Gasteiger partial charge in [-0.1, -0.05) is 0 Å². The van der Waals surface area contributed by atoms with Crippen LogP contribution in [0.5, 0.6) is 12.0 Å². The van der Waals surface area contributed by atoms with E-state index in [1.54, 1.807) is 7.11 Å². The zero-order valence-electron chi connectivity index (χ0n) is 10.6. The second kappa shape index (κ2) is 4.88. The smallest absolute Gasteiger partial charge is 0.397 e. The topological polar surface area (TPSA) is 109 Å². The third kappa shape index (κ3) is 2.39. The van der Waals surface area contributed by atoms with E-state index in [2.05, 4.69) is 19.9 Å². The Morgan fingerprint density at radius 1 is 1.53 bits per heavy atom. The molecule has 1 atom stereocenters. The Morgan fingerprint density at radius 2 is 2.42 bits per heavy atom. The molecule has 102 valence electrons. The predicted molar refractivity (Wildman–Crippen MR) is 65.9 cm³/mol. The van der Waals surface area contributed by atoms with Gasteiger partial charge in [0.05, 0.1) is 13.2 Å². The minimum absolute atomic E-state index is 0.116. The molecular weight excluding hydrogens is 250 g/mol. The summed E-state index contributed by atoms with van der Waals surface area (Å²) in [5.41, 5.74) is 6.99. The maximum Gasteiger partial charge on any atom is 0.397 e. The molecule has 3 rings (SSSR count). The van der Waals surface area contributed by atoms with E-state index in [9.17, 15) is 0 Å². The number of H-pyrrole nitrogens is 2. The van der Waals surface area contributed by atoms with Crippen LogP contribution in [0.25, 0.3) is 11.2 Å². The maximum absolute atomic E-state index is 5.84. The molecule has 4 N–H and O–H groups in total. The summed E-state index contributed by atoms with van der Waals surface area (Å²) in [5, 5.41) is 0. The Labute approximate surface area is 109 Å². The third-order valence-corrected chi connectivity index (χ3v) is 3.01. The molecule has 1 fully saturated rings. The number of anilines is 1. The van der Waals surface area contributed by atoms with E-state index in [0.29, 0.717) is 29.6 Å². The first-order valence-corrected chi connectivity index (χ1v) is 6.13. The molecule has 0 bridgehead atoms. The molecule has 1 saturated heterocycles. The quantitative estimate of drug-likeness (QED) is 0.801. The van der Waals surface area contributed by atoms with Crippen molar-refractivity contribution in [2.75, 3.05) is 26.1 Å². The number of nitrogen functional groups attached to an aromatic ring is 1. The number of nitrogens with zero attached hydrogens (tertiary/aromatic N) is 2. The summed E-state index contributed by atoms with van der Waals surface area (Å²) in [7, 11) is 1.54. The molecule has 1 aliphatic rings. The number of nitrogens with one attached hydrogen (secondary N) is 2. The van der Waals surface area contributed by atoms with E-state index < -0.39 is 0 Å². The summed E-state index contributed by atoms with van der Waals surface area (Å²) in [5.74, 6) is 0.312. The fourth-order valence-corrected chi connectivity index (χ4v) is 2.03. The minimum atomic E-state index is 0.116. The van der Waals surface area contributed by atoms with Gasteiger partial charge < -0.3 is 19.9 Å². The van der Waals surface area contributed by atoms with Gasteiger partial charge in [0.15, 0.2) is 5.82 Å². The van der Waals surface area contributed by atoms with Gasteiger partial charge in [0.1, 0.15) is 6.61 Å². The second-order valence-corrected chi connectivity index (χ2v) is 4.34. The van der Waals surface area contributed by atoms with E-state index in [4.69, 9.17) is 19.9 Å². The van der Waals surface area contributed by atoms with Crippen LogP contribution in [0.4, 0.5) is 5.82 Å². The highest BCUT2D eigenvalue weighted by molar-refractivity contribution is 5.79. The lowest BCUT2D eigenvalue weighted by Crippen LogP contribution is -2.18. The van der Waals surface area contributed by atoms with E-state index >= 15 is 0 Å². The number of rotatable bonds is 4. The average Bonchev–Trinajstić information content (AvgIpc) is 3.05. The average molecular weight is 266 g/mol. The highest BCUT2D eigenvalue weighted by Crippen LogP contribution is 2.19. The fraction of sp³-hybridized carbons (Fsp3) is 0.545. The molecule has 1 unspecified atom stereocenters. The number of aromatic amines is 2. The lowest BCUT2D eigenvalue weighted by Gasteiger charge is -2.08. The zero-order valence-corrected chi connectivity index (χ0v) is 10.6. The normalized spacial score (nSPS) is 18.9. The van der Waals surface area contributed by atoms with Gasteiger partial charge in [-0.3, -0.25) is 0 Å². The van der Waals surface area contributed by atoms with Crippen LogP contribution in [0, 0.1) is 0 Å². The number of nitrogens with two attached hydrogens (primary N) is 1. The van der Waals surface area contributed by atoms with Gasteiger partial charge in [-0.25, -0.2) is 9.97 Å². The van der Waals surface area contributed by atoms with Gasteiger partial charge in [0.25, 0.3) is 0 Å². The maximum atomic E-state index is 5.84. The van der Waals surface area contributed by atoms with Crippen LogP contribution in [0.2, 0.25) is 0 Å². The molecule has 0 amide bonds. The van der Waals surface area contributed by atoms with Crippen molar-refractivity contribution in [3.63, 3.8) is 0 Å². The Bertz CT molecular complexity index is 579. The number of methoxy groups -OCH3 is 1. The summed E-state index contributed by atoms with van der Waals surface area (Å²) in [6.45, 7) is 1.23. The first-order valence-electron chi connectivity index (χ1n) is 6.13. The molecule has 3 heterocycles. The van der Waals surface area contributed by atoms with Crippen molar-refractivity contribution in [3.8, 4) is 12.0 Å². The Hall–Kier alpha value is -2.09. The van der Waals surface area contributed by atoms with Crippen LogP contribution in [0.3, 0.4) is 0 Å². The Kier molecular flexibility index (Phi) is 3.08. The van der Waals surface area contributed by atoms with Crippen molar-refractivity contribution in [1.82, 2.24) is 15.0 Å². The van der Waals surface area contributed by atoms with E-state index in [-0.39, 0.29) is 12.1 Å². The molecule has 2 aromatic heterocycles. The monoisotopic (exact) mass is 266 g/mol. The van der Waals surface area contributed by atoms with Crippen molar-refractivity contribution < 1.29 is 19.2 Å². The van der Waals surface area contributed by atoms with Crippen LogP contribution in [-0.4, -0.2) is 41.4 Å². The molecule has 0 radical (unpaired) electrons. The van der Waals surface area contributed by atoms with Gasteiger partial charge in [-0.2, -0.15) is 4.98 Å². The molecule has 8 nitrogen and oxygen atoms in total. The molecular formula is C11H16N5O3+. The van der Waals surface area contributed by atoms with Crippen LogP contribution >= 0.6 is 0 Å².